The molecule has 0 fully saturated rings. The van der Waals surface area contributed by atoms with E-state index in [0.29, 0.717) is 10.6 Å². The van der Waals surface area contributed by atoms with Crippen LogP contribution in [0.2, 0.25) is 0 Å². The van der Waals surface area contributed by atoms with Crippen LogP contribution in [-0.2, 0) is 9.84 Å². The molecule has 2 aromatic rings. The molecule has 0 bridgehead atoms. The smallest absolute Gasteiger partial charge is 0.175 e. The van der Waals surface area contributed by atoms with Crippen LogP contribution in [0, 0.1) is 12.3 Å². The summed E-state index contributed by atoms with van der Waals surface area (Å²) in [6, 6.07) is 8.35. The van der Waals surface area contributed by atoms with Gasteiger partial charge in [-0.3, -0.25) is 5.41 Å². The highest BCUT2D eigenvalue weighted by Gasteiger charge is 2.12. The molecule has 7 heteroatoms. The molecule has 0 atom stereocenters. The van der Waals surface area contributed by atoms with Crippen LogP contribution in [-0.4, -0.2) is 25.5 Å². The Kier molecular flexibility index (Phi) is 4.34. The monoisotopic (exact) mass is 321 g/mol. The average Bonchev–Trinajstić information content (AvgIpc) is 2.38. The Balaban J connectivity index is 2.35. The standard InChI is InChI=1S/C14H15N3O2S2/c1-9-7-8-17-14(12(9)13(15)16)20-10-3-5-11(6-4-10)21(2,18)19/h3-8H,1-2H3,(H3,15,16). The number of aryl methyl sites for hydroxylation is 1. The minimum absolute atomic E-state index is 0.0316. The van der Waals surface area contributed by atoms with Crippen LogP contribution in [0.4, 0.5) is 0 Å². The number of nitrogens with one attached hydrogen (secondary N) is 1. The van der Waals surface area contributed by atoms with Crippen molar-refractivity contribution in [3.63, 3.8) is 0 Å². The molecular formula is C14H15N3O2S2. The highest BCUT2D eigenvalue weighted by molar-refractivity contribution is 7.99. The molecule has 3 N–H and O–H groups in total. The predicted octanol–water partition coefficient (Wildman–Crippen LogP) is 2.23. The molecule has 1 aromatic heterocycles. The summed E-state index contributed by atoms with van der Waals surface area (Å²) >= 11 is 1.35. The second kappa shape index (κ2) is 5.87. The molecule has 110 valence electrons. The highest BCUT2D eigenvalue weighted by Crippen LogP contribution is 2.30. The van der Waals surface area contributed by atoms with Gasteiger partial charge in [-0.2, -0.15) is 0 Å². The van der Waals surface area contributed by atoms with Gasteiger partial charge in [0.25, 0.3) is 0 Å². The third kappa shape index (κ3) is 3.62. The fourth-order valence-electron chi connectivity index (χ4n) is 1.80. The lowest BCUT2D eigenvalue weighted by molar-refractivity contribution is 0.602. The summed E-state index contributed by atoms with van der Waals surface area (Å²) in [5.74, 6) is -0.0316. The topological polar surface area (TPSA) is 96.9 Å². The number of benzene rings is 1. The van der Waals surface area contributed by atoms with E-state index in [1.807, 2.05) is 6.92 Å². The molecule has 0 unspecified atom stereocenters. The van der Waals surface area contributed by atoms with Gasteiger partial charge < -0.3 is 5.73 Å². The molecule has 0 radical (unpaired) electrons. The van der Waals surface area contributed by atoms with Crippen molar-refractivity contribution >= 4 is 27.4 Å². The van der Waals surface area contributed by atoms with Crippen molar-refractivity contribution in [3.8, 4) is 0 Å². The summed E-state index contributed by atoms with van der Waals surface area (Å²) in [5, 5.41) is 8.28. The van der Waals surface area contributed by atoms with Gasteiger partial charge in [-0.1, -0.05) is 11.8 Å². The lowest BCUT2D eigenvalue weighted by Gasteiger charge is -2.09. The number of nitrogens with zero attached hydrogens (tertiary/aromatic N) is 1. The fourth-order valence-corrected chi connectivity index (χ4v) is 3.42. The number of aromatic nitrogens is 1. The Bertz CT molecular complexity index is 784. The van der Waals surface area contributed by atoms with Crippen molar-refractivity contribution in [1.82, 2.24) is 4.98 Å². The first-order chi connectivity index (χ1) is 9.79. The van der Waals surface area contributed by atoms with Gasteiger partial charge in [0.05, 0.1) is 10.5 Å². The van der Waals surface area contributed by atoms with Gasteiger partial charge in [-0.15, -0.1) is 0 Å². The maximum atomic E-state index is 11.4. The van der Waals surface area contributed by atoms with E-state index in [1.54, 1.807) is 36.5 Å². The SMILES string of the molecule is Cc1ccnc(Sc2ccc(S(C)(=O)=O)cc2)c1C(=N)N. The van der Waals surface area contributed by atoms with E-state index in [1.165, 1.54) is 18.0 Å². The molecule has 0 amide bonds. The minimum Gasteiger partial charge on any atom is -0.384 e. The zero-order chi connectivity index (χ0) is 15.6. The van der Waals surface area contributed by atoms with Crippen molar-refractivity contribution in [3.05, 3.63) is 47.7 Å². The van der Waals surface area contributed by atoms with Crippen LogP contribution >= 0.6 is 11.8 Å². The first-order valence-corrected chi connectivity index (χ1v) is 8.78. The third-order valence-corrected chi connectivity index (χ3v) is 5.00. The van der Waals surface area contributed by atoms with Crippen molar-refractivity contribution in [1.29, 1.82) is 5.41 Å². The molecule has 0 saturated carbocycles. The summed E-state index contributed by atoms with van der Waals surface area (Å²) in [5.41, 5.74) is 7.09. The zero-order valence-electron chi connectivity index (χ0n) is 11.6. The summed E-state index contributed by atoms with van der Waals surface area (Å²) in [6.45, 7) is 1.87. The van der Waals surface area contributed by atoms with Crippen molar-refractivity contribution < 1.29 is 8.42 Å². The van der Waals surface area contributed by atoms with Crippen LogP contribution < -0.4 is 5.73 Å². The van der Waals surface area contributed by atoms with E-state index >= 15 is 0 Å². The van der Waals surface area contributed by atoms with Crippen LogP contribution in [0.3, 0.4) is 0 Å². The summed E-state index contributed by atoms with van der Waals surface area (Å²) in [4.78, 5) is 5.36. The van der Waals surface area contributed by atoms with Gasteiger partial charge in [0.2, 0.25) is 0 Å². The molecule has 0 aliphatic rings. The highest BCUT2D eigenvalue weighted by atomic mass is 32.2. The quantitative estimate of drug-likeness (QED) is 0.665. The number of hydrogen-bond acceptors (Lipinski definition) is 5. The Morgan fingerprint density at radius 1 is 1.24 bits per heavy atom. The van der Waals surface area contributed by atoms with E-state index in [-0.39, 0.29) is 10.7 Å². The van der Waals surface area contributed by atoms with E-state index in [0.717, 1.165) is 10.5 Å². The summed E-state index contributed by atoms with van der Waals surface area (Å²) in [6.07, 6.45) is 2.83. The van der Waals surface area contributed by atoms with Crippen molar-refractivity contribution in [2.45, 2.75) is 21.7 Å². The molecule has 1 heterocycles. The van der Waals surface area contributed by atoms with Crippen LogP contribution in [0.1, 0.15) is 11.1 Å². The van der Waals surface area contributed by atoms with Crippen molar-refractivity contribution in [2.75, 3.05) is 6.26 Å². The van der Waals surface area contributed by atoms with E-state index < -0.39 is 9.84 Å². The Hall–Kier alpha value is -1.86. The Morgan fingerprint density at radius 2 is 1.86 bits per heavy atom. The predicted molar refractivity (Wildman–Crippen MR) is 83.7 cm³/mol. The minimum atomic E-state index is -3.20. The lowest BCUT2D eigenvalue weighted by Crippen LogP contribution is -2.14. The van der Waals surface area contributed by atoms with E-state index in [9.17, 15) is 8.42 Å². The number of rotatable bonds is 4. The van der Waals surface area contributed by atoms with Crippen molar-refractivity contribution in [2.24, 2.45) is 5.73 Å². The number of amidine groups is 1. The molecular weight excluding hydrogens is 306 g/mol. The first kappa shape index (κ1) is 15.5. The average molecular weight is 321 g/mol. The summed E-state index contributed by atoms with van der Waals surface area (Å²) in [7, 11) is -3.20. The maximum Gasteiger partial charge on any atom is 0.175 e. The number of sulfone groups is 1. The largest absolute Gasteiger partial charge is 0.384 e. The first-order valence-electron chi connectivity index (χ1n) is 6.07. The molecule has 2 rings (SSSR count). The third-order valence-electron chi connectivity index (χ3n) is 2.86. The number of nitrogens with two attached hydrogens (primary N) is 1. The Labute approximate surface area is 128 Å². The van der Waals surface area contributed by atoms with Crippen LogP contribution in [0.25, 0.3) is 0 Å². The molecule has 1 aromatic carbocycles. The number of nitrogen functional groups attached to an aromatic ring is 1. The number of hydrogen-bond donors (Lipinski definition) is 2. The molecule has 21 heavy (non-hydrogen) atoms. The molecule has 0 saturated heterocycles. The van der Waals surface area contributed by atoms with E-state index in [4.69, 9.17) is 11.1 Å². The van der Waals surface area contributed by atoms with Gasteiger partial charge in [0.15, 0.2) is 9.84 Å². The Morgan fingerprint density at radius 3 is 2.38 bits per heavy atom. The zero-order valence-corrected chi connectivity index (χ0v) is 13.3. The van der Waals surface area contributed by atoms with Gasteiger partial charge in [0.1, 0.15) is 10.9 Å². The van der Waals surface area contributed by atoms with E-state index in [2.05, 4.69) is 4.98 Å². The lowest BCUT2D eigenvalue weighted by atomic mass is 10.1. The van der Waals surface area contributed by atoms with Crippen LogP contribution in [0.15, 0.2) is 51.3 Å². The fraction of sp³-hybridized carbons (Fsp3) is 0.143. The normalized spacial score (nSPS) is 11.3. The van der Waals surface area contributed by atoms with Gasteiger partial charge in [0, 0.05) is 17.3 Å². The molecule has 0 aliphatic carbocycles. The number of pyridine rings is 1. The van der Waals surface area contributed by atoms with Crippen LogP contribution in [0.5, 0.6) is 0 Å². The second-order valence-corrected chi connectivity index (χ2v) is 7.65. The molecule has 0 spiro atoms. The maximum absolute atomic E-state index is 11.4. The molecule has 5 nitrogen and oxygen atoms in total. The van der Waals surface area contributed by atoms with Gasteiger partial charge in [-0.25, -0.2) is 13.4 Å². The van der Waals surface area contributed by atoms with Gasteiger partial charge in [-0.05, 0) is 42.8 Å². The second-order valence-electron chi connectivity index (χ2n) is 4.57. The van der Waals surface area contributed by atoms with Gasteiger partial charge >= 0.3 is 0 Å². The molecule has 0 aliphatic heterocycles. The summed E-state index contributed by atoms with van der Waals surface area (Å²) < 4.78 is 22.9.